The fraction of sp³-hybridized carbons (Fsp3) is 0.286. The van der Waals surface area contributed by atoms with Crippen LogP contribution in [0.4, 0.5) is 5.95 Å². The Hall–Kier alpha value is -1.16. The lowest BCUT2D eigenvalue weighted by molar-refractivity contribution is 0.327. The number of aliphatic imine (C=N–C) groups is 1. The van der Waals surface area contributed by atoms with Gasteiger partial charge in [0.25, 0.3) is 5.95 Å². The molecule has 1 heterocycles. The van der Waals surface area contributed by atoms with Crippen molar-refractivity contribution in [3.63, 3.8) is 0 Å². The molecule has 4 nitrogen and oxygen atoms in total. The molecule has 0 bridgehead atoms. The SMILES string of the molecule is C=Nc1ncc(Cl)c(OCC)n1. The van der Waals surface area contributed by atoms with E-state index in [0.29, 0.717) is 17.5 Å². The zero-order valence-corrected chi connectivity index (χ0v) is 7.38. The summed E-state index contributed by atoms with van der Waals surface area (Å²) < 4.78 is 5.11. The van der Waals surface area contributed by atoms with Gasteiger partial charge in [-0.15, -0.1) is 0 Å². The van der Waals surface area contributed by atoms with Crippen LogP contribution in [-0.2, 0) is 0 Å². The molecular weight excluding hydrogens is 178 g/mol. The van der Waals surface area contributed by atoms with Crippen LogP contribution in [0.5, 0.6) is 5.88 Å². The van der Waals surface area contributed by atoms with E-state index < -0.39 is 0 Å². The van der Waals surface area contributed by atoms with Crippen molar-refractivity contribution in [1.82, 2.24) is 9.97 Å². The van der Waals surface area contributed by atoms with Crippen LogP contribution in [-0.4, -0.2) is 23.3 Å². The van der Waals surface area contributed by atoms with Gasteiger partial charge in [0, 0.05) is 0 Å². The second kappa shape index (κ2) is 4.01. The van der Waals surface area contributed by atoms with Gasteiger partial charge in [-0.2, -0.15) is 4.98 Å². The third-order valence-corrected chi connectivity index (χ3v) is 1.38. The number of rotatable bonds is 3. The van der Waals surface area contributed by atoms with Crippen molar-refractivity contribution < 1.29 is 4.74 Å². The van der Waals surface area contributed by atoms with Gasteiger partial charge >= 0.3 is 0 Å². The fourth-order valence-electron chi connectivity index (χ4n) is 0.657. The fourth-order valence-corrected chi connectivity index (χ4v) is 0.802. The molecule has 1 rings (SSSR count). The molecule has 0 saturated heterocycles. The first-order chi connectivity index (χ1) is 5.77. The van der Waals surface area contributed by atoms with E-state index >= 15 is 0 Å². The molecule has 0 N–H and O–H groups in total. The van der Waals surface area contributed by atoms with Gasteiger partial charge in [0.2, 0.25) is 5.88 Å². The van der Waals surface area contributed by atoms with Crippen LogP contribution in [0.1, 0.15) is 6.92 Å². The molecule has 0 amide bonds. The molecule has 0 radical (unpaired) electrons. The van der Waals surface area contributed by atoms with Crippen molar-refractivity contribution in [3.8, 4) is 5.88 Å². The lowest BCUT2D eigenvalue weighted by atomic mass is 10.6. The summed E-state index contributed by atoms with van der Waals surface area (Å²) in [5, 5.41) is 0.379. The smallest absolute Gasteiger partial charge is 0.252 e. The van der Waals surface area contributed by atoms with Crippen LogP contribution < -0.4 is 4.74 Å². The topological polar surface area (TPSA) is 47.4 Å². The number of hydrogen-bond acceptors (Lipinski definition) is 4. The Morgan fingerprint density at radius 3 is 3.08 bits per heavy atom. The molecule has 0 spiro atoms. The molecule has 0 fully saturated rings. The number of aromatic nitrogens is 2. The second-order valence-electron chi connectivity index (χ2n) is 1.91. The Morgan fingerprint density at radius 2 is 2.50 bits per heavy atom. The van der Waals surface area contributed by atoms with E-state index in [0.717, 1.165) is 0 Å². The Labute approximate surface area is 75.3 Å². The summed E-state index contributed by atoms with van der Waals surface area (Å²) in [5.41, 5.74) is 0. The number of ether oxygens (including phenoxy) is 1. The normalized spacial score (nSPS) is 9.50. The average molecular weight is 186 g/mol. The zero-order chi connectivity index (χ0) is 8.97. The first kappa shape index (κ1) is 8.93. The molecule has 0 unspecified atom stereocenters. The third kappa shape index (κ3) is 1.92. The molecule has 0 atom stereocenters. The lowest BCUT2D eigenvalue weighted by Gasteiger charge is -2.02. The molecule has 0 aliphatic rings. The molecule has 0 aromatic carbocycles. The Bertz CT molecular complexity index is 290. The van der Waals surface area contributed by atoms with Crippen molar-refractivity contribution in [2.45, 2.75) is 6.92 Å². The van der Waals surface area contributed by atoms with E-state index in [9.17, 15) is 0 Å². The minimum atomic E-state index is 0.267. The summed E-state index contributed by atoms with van der Waals surface area (Å²) in [6, 6.07) is 0. The maximum absolute atomic E-state index is 5.72. The molecule has 12 heavy (non-hydrogen) atoms. The number of nitrogens with zero attached hydrogens (tertiary/aromatic N) is 3. The molecule has 5 heteroatoms. The van der Waals surface area contributed by atoms with Crippen LogP contribution in [0.3, 0.4) is 0 Å². The summed E-state index contributed by atoms with van der Waals surface area (Å²) in [4.78, 5) is 11.2. The summed E-state index contributed by atoms with van der Waals surface area (Å²) in [5.74, 6) is 0.611. The van der Waals surface area contributed by atoms with Crippen LogP contribution in [0.15, 0.2) is 11.2 Å². The van der Waals surface area contributed by atoms with Crippen LogP contribution in [0, 0.1) is 0 Å². The summed E-state index contributed by atoms with van der Waals surface area (Å²) in [6.07, 6.45) is 1.43. The van der Waals surface area contributed by atoms with Gasteiger partial charge in [-0.3, -0.25) is 0 Å². The number of halogens is 1. The molecule has 1 aromatic heterocycles. The van der Waals surface area contributed by atoms with Gasteiger partial charge in [0.15, 0.2) is 0 Å². The van der Waals surface area contributed by atoms with Crippen LogP contribution in [0.25, 0.3) is 0 Å². The molecule has 0 aliphatic heterocycles. The molecular formula is C7H8ClN3O. The van der Waals surface area contributed by atoms with Gasteiger partial charge in [0.05, 0.1) is 12.8 Å². The van der Waals surface area contributed by atoms with E-state index in [1.54, 1.807) is 0 Å². The number of hydrogen-bond donors (Lipinski definition) is 0. The first-order valence-electron chi connectivity index (χ1n) is 3.40. The quantitative estimate of drug-likeness (QED) is 0.676. The van der Waals surface area contributed by atoms with Crippen LogP contribution >= 0.6 is 11.6 Å². The first-order valence-corrected chi connectivity index (χ1v) is 3.77. The van der Waals surface area contributed by atoms with E-state index in [1.807, 2.05) is 6.92 Å². The van der Waals surface area contributed by atoms with Gasteiger partial charge in [0.1, 0.15) is 5.02 Å². The van der Waals surface area contributed by atoms with E-state index in [2.05, 4.69) is 21.7 Å². The maximum Gasteiger partial charge on any atom is 0.252 e. The maximum atomic E-state index is 5.72. The Kier molecular flexibility index (Phi) is 2.99. The standard InChI is InChI=1S/C7H8ClN3O/c1-3-12-6-5(8)4-10-7(9-2)11-6/h4H,2-3H2,1H3. The highest BCUT2D eigenvalue weighted by Gasteiger charge is 2.03. The largest absolute Gasteiger partial charge is 0.477 e. The molecule has 0 saturated carbocycles. The molecule has 0 aliphatic carbocycles. The van der Waals surface area contributed by atoms with Gasteiger partial charge in [-0.25, -0.2) is 9.98 Å². The van der Waals surface area contributed by atoms with Gasteiger partial charge < -0.3 is 4.74 Å². The summed E-state index contributed by atoms with van der Waals surface area (Å²) in [6.45, 7) is 5.64. The second-order valence-corrected chi connectivity index (χ2v) is 2.32. The minimum Gasteiger partial charge on any atom is -0.477 e. The predicted molar refractivity (Wildman–Crippen MR) is 47.4 cm³/mol. The van der Waals surface area contributed by atoms with E-state index in [4.69, 9.17) is 16.3 Å². The van der Waals surface area contributed by atoms with Crippen molar-refractivity contribution in [1.29, 1.82) is 0 Å². The third-order valence-electron chi connectivity index (χ3n) is 1.12. The minimum absolute atomic E-state index is 0.267. The van der Waals surface area contributed by atoms with E-state index in [-0.39, 0.29) is 5.95 Å². The van der Waals surface area contributed by atoms with Gasteiger partial charge in [-0.1, -0.05) is 11.6 Å². The predicted octanol–water partition coefficient (Wildman–Crippen LogP) is 1.86. The lowest BCUT2D eigenvalue weighted by Crippen LogP contribution is -1.95. The summed E-state index contributed by atoms with van der Waals surface area (Å²) >= 11 is 5.72. The van der Waals surface area contributed by atoms with Crippen molar-refractivity contribution in [2.75, 3.05) is 6.61 Å². The summed E-state index contributed by atoms with van der Waals surface area (Å²) in [7, 11) is 0. The zero-order valence-electron chi connectivity index (χ0n) is 6.62. The highest BCUT2D eigenvalue weighted by Crippen LogP contribution is 2.22. The molecule has 64 valence electrons. The highest BCUT2D eigenvalue weighted by atomic mass is 35.5. The van der Waals surface area contributed by atoms with Crippen molar-refractivity contribution in [3.05, 3.63) is 11.2 Å². The van der Waals surface area contributed by atoms with E-state index in [1.165, 1.54) is 6.20 Å². The average Bonchev–Trinajstić information content (AvgIpc) is 2.09. The van der Waals surface area contributed by atoms with Gasteiger partial charge in [-0.05, 0) is 13.6 Å². The molecule has 1 aromatic rings. The van der Waals surface area contributed by atoms with Crippen molar-refractivity contribution >= 4 is 24.3 Å². The van der Waals surface area contributed by atoms with Crippen molar-refractivity contribution in [2.24, 2.45) is 4.99 Å². The Morgan fingerprint density at radius 1 is 1.75 bits per heavy atom. The highest BCUT2D eigenvalue weighted by molar-refractivity contribution is 6.31. The monoisotopic (exact) mass is 185 g/mol. The Balaban J connectivity index is 2.99. The van der Waals surface area contributed by atoms with Crippen LogP contribution in [0.2, 0.25) is 5.02 Å².